The molecule has 0 aromatic heterocycles. The Bertz CT molecular complexity index is 383. The number of anilines is 2. The van der Waals surface area contributed by atoms with Crippen LogP contribution in [0.2, 0.25) is 0 Å². The first-order valence-electron chi connectivity index (χ1n) is 5.30. The first-order chi connectivity index (χ1) is 7.15. The van der Waals surface area contributed by atoms with Crippen molar-refractivity contribution < 1.29 is 4.79 Å². The fourth-order valence-corrected chi connectivity index (χ4v) is 1.55. The van der Waals surface area contributed by atoms with E-state index in [1.54, 1.807) is 0 Å². The molecule has 1 aromatic rings. The normalized spacial score (nSPS) is 14.8. The van der Waals surface area contributed by atoms with Crippen LogP contribution in [0.5, 0.6) is 0 Å². The first-order valence-corrected chi connectivity index (χ1v) is 5.30. The third kappa shape index (κ3) is 2.72. The Morgan fingerprint density at radius 2 is 2.13 bits per heavy atom. The third-order valence-electron chi connectivity index (χ3n) is 2.49. The fourth-order valence-electron chi connectivity index (χ4n) is 1.55. The van der Waals surface area contributed by atoms with E-state index in [4.69, 9.17) is 0 Å². The van der Waals surface area contributed by atoms with Crippen molar-refractivity contribution in [2.24, 2.45) is 0 Å². The average Bonchev–Trinajstić information content (AvgIpc) is 2.93. The number of hydrogen-bond donors (Lipinski definition) is 2. The highest BCUT2D eigenvalue weighted by molar-refractivity contribution is 5.89. The SMILES string of the molecule is CC(=O)Nc1ccc(NC2CC2)cc1C. The Labute approximate surface area is 89.9 Å². The van der Waals surface area contributed by atoms with Crippen LogP contribution in [0.4, 0.5) is 11.4 Å². The number of carbonyl (C=O) groups excluding carboxylic acids is 1. The van der Waals surface area contributed by atoms with Gasteiger partial charge >= 0.3 is 0 Å². The summed E-state index contributed by atoms with van der Waals surface area (Å²) in [6.07, 6.45) is 2.54. The van der Waals surface area contributed by atoms with Gasteiger partial charge in [0.05, 0.1) is 0 Å². The van der Waals surface area contributed by atoms with Crippen LogP contribution >= 0.6 is 0 Å². The van der Waals surface area contributed by atoms with E-state index in [1.165, 1.54) is 19.8 Å². The van der Waals surface area contributed by atoms with Gasteiger partial charge in [0.2, 0.25) is 5.91 Å². The smallest absolute Gasteiger partial charge is 0.221 e. The van der Waals surface area contributed by atoms with Crippen LogP contribution in [-0.2, 0) is 4.79 Å². The van der Waals surface area contributed by atoms with E-state index >= 15 is 0 Å². The Morgan fingerprint density at radius 3 is 2.67 bits per heavy atom. The second kappa shape index (κ2) is 3.93. The molecule has 1 fully saturated rings. The van der Waals surface area contributed by atoms with Crippen LogP contribution < -0.4 is 10.6 Å². The van der Waals surface area contributed by atoms with E-state index in [1.807, 2.05) is 19.1 Å². The van der Waals surface area contributed by atoms with Crippen molar-refractivity contribution >= 4 is 17.3 Å². The van der Waals surface area contributed by atoms with Gasteiger partial charge in [0.25, 0.3) is 0 Å². The molecule has 1 amide bonds. The third-order valence-corrected chi connectivity index (χ3v) is 2.49. The lowest BCUT2D eigenvalue weighted by Gasteiger charge is -2.10. The molecule has 2 rings (SSSR count). The van der Waals surface area contributed by atoms with Gasteiger partial charge in [-0.2, -0.15) is 0 Å². The summed E-state index contributed by atoms with van der Waals surface area (Å²) >= 11 is 0. The molecule has 1 aromatic carbocycles. The molecule has 0 aliphatic heterocycles. The molecule has 80 valence electrons. The molecule has 1 aliphatic rings. The number of hydrogen-bond acceptors (Lipinski definition) is 2. The van der Waals surface area contributed by atoms with Gasteiger partial charge in [-0.25, -0.2) is 0 Å². The fraction of sp³-hybridized carbons (Fsp3) is 0.417. The molecule has 0 unspecified atom stereocenters. The van der Waals surface area contributed by atoms with Crippen LogP contribution in [0, 0.1) is 6.92 Å². The number of rotatable bonds is 3. The number of aryl methyl sites for hydroxylation is 1. The summed E-state index contributed by atoms with van der Waals surface area (Å²) < 4.78 is 0. The van der Waals surface area contributed by atoms with Crippen molar-refractivity contribution in [2.75, 3.05) is 10.6 Å². The van der Waals surface area contributed by atoms with Gasteiger partial charge in [-0.05, 0) is 43.5 Å². The molecule has 0 radical (unpaired) electrons. The summed E-state index contributed by atoms with van der Waals surface area (Å²) in [5.74, 6) is -0.0268. The lowest BCUT2D eigenvalue weighted by molar-refractivity contribution is -0.114. The molecule has 0 saturated heterocycles. The minimum absolute atomic E-state index is 0.0268. The number of benzene rings is 1. The molecule has 0 heterocycles. The summed E-state index contributed by atoms with van der Waals surface area (Å²) in [5, 5.41) is 6.23. The minimum atomic E-state index is -0.0268. The summed E-state index contributed by atoms with van der Waals surface area (Å²) in [6.45, 7) is 3.53. The molecular weight excluding hydrogens is 188 g/mol. The predicted octanol–water partition coefficient (Wildman–Crippen LogP) is 2.53. The Kier molecular flexibility index (Phi) is 2.62. The van der Waals surface area contributed by atoms with Crippen LogP contribution in [0.15, 0.2) is 18.2 Å². The van der Waals surface area contributed by atoms with E-state index in [0.29, 0.717) is 6.04 Å². The second-order valence-corrected chi connectivity index (χ2v) is 4.13. The summed E-state index contributed by atoms with van der Waals surface area (Å²) in [5.41, 5.74) is 3.13. The highest BCUT2D eigenvalue weighted by Crippen LogP contribution is 2.26. The van der Waals surface area contributed by atoms with Crippen molar-refractivity contribution in [1.82, 2.24) is 0 Å². The zero-order valence-electron chi connectivity index (χ0n) is 9.13. The lowest BCUT2D eigenvalue weighted by Crippen LogP contribution is -2.08. The van der Waals surface area contributed by atoms with Crippen LogP contribution in [0.25, 0.3) is 0 Å². The minimum Gasteiger partial charge on any atom is -0.382 e. The van der Waals surface area contributed by atoms with Crippen LogP contribution in [0.1, 0.15) is 25.3 Å². The van der Waals surface area contributed by atoms with Crippen molar-refractivity contribution in [1.29, 1.82) is 0 Å². The number of amides is 1. The van der Waals surface area contributed by atoms with Crippen LogP contribution in [0.3, 0.4) is 0 Å². The highest BCUT2D eigenvalue weighted by atomic mass is 16.1. The lowest BCUT2D eigenvalue weighted by atomic mass is 10.1. The van der Waals surface area contributed by atoms with E-state index in [9.17, 15) is 4.79 Å². The molecule has 1 saturated carbocycles. The van der Waals surface area contributed by atoms with E-state index in [2.05, 4.69) is 16.7 Å². The van der Waals surface area contributed by atoms with Gasteiger partial charge in [-0.1, -0.05) is 0 Å². The zero-order chi connectivity index (χ0) is 10.8. The van der Waals surface area contributed by atoms with E-state index < -0.39 is 0 Å². The van der Waals surface area contributed by atoms with Crippen molar-refractivity contribution in [3.63, 3.8) is 0 Å². The standard InChI is InChI=1S/C12H16N2O/c1-8-7-11(14-10-3-4-10)5-6-12(8)13-9(2)15/h5-7,10,14H,3-4H2,1-2H3,(H,13,15). The molecule has 0 bridgehead atoms. The maximum atomic E-state index is 10.9. The van der Waals surface area contributed by atoms with Crippen molar-refractivity contribution in [3.8, 4) is 0 Å². The molecule has 1 aliphatic carbocycles. The molecule has 0 atom stereocenters. The van der Waals surface area contributed by atoms with Crippen LogP contribution in [-0.4, -0.2) is 11.9 Å². The van der Waals surface area contributed by atoms with Crippen molar-refractivity contribution in [3.05, 3.63) is 23.8 Å². The molecule has 2 N–H and O–H groups in total. The maximum absolute atomic E-state index is 10.9. The molecule has 3 heteroatoms. The summed E-state index contributed by atoms with van der Waals surface area (Å²) in [7, 11) is 0. The van der Waals surface area contributed by atoms with Gasteiger partial charge in [-0.3, -0.25) is 4.79 Å². The van der Waals surface area contributed by atoms with E-state index in [-0.39, 0.29) is 5.91 Å². The van der Waals surface area contributed by atoms with Gasteiger partial charge in [0.1, 0.15) is 0 Å². The summed E-state index contributed by atoms with van der Waals surface area (Å²) in [6, 6.07) is 6.69. The van der Waals surface area contributed by atoms with Gasteiger partial charge in [0, 0.05) is 24.3 Å². The number of nitrogens with one attached hydrogen (secondary N) is 2. The predicted molar refractivity (Wildman–Crippen MR) is 62.1 cm³/mol. The van der Waals surface area contributed by atoms with E-state index in [0.717, 1.165) is 16.9 Å². The highest BCUT2D eigenvalue weighted by Gasteiger charge is 2.20. The zero-order valence-corrected chi connectivity index (χ0v) is 9.13. The first kappa shape index (κ1) is 10.0. The summed E-state index contributed by atoms with van der Waals surface area (Å²) in [4.78, 5) is 10.9. The largest absolute Gasteiger partial charge is 0.382 e. The molecule has 0 spiro atoms. The Hall–Kier alpha value is -1.51. The molecule has 15 heavy (non-hydrogen) atoms. The van der Waals surface area contributed by atoms with Crippen molar-refractivity contribution in [2.45, 2.75) is 32.7 Å². The maximum Gasteiger partial charge on any atom is 0.221 e. The molecule has 3 nitrogen and oxygen atoms in total. The Morgan fingerprint density at radius 1 is 1.40 bits per heavy atom. The average molecular weight is 204 g/mol. The second-order valence-electron chi connectivity index (χ2n) is 4.13. The topological polar surface area (TPSA) is 41.1 Å². The monoisotopic (exact) mass is 204 g/mol. The van der Waals surface area contributed by atoms with Gasteiger partial charge in [0.15, 0.2) is 0 Å². The molecular formula is C12H16N2O. The van der Waals surface area contributed by atoms with Gasteiger partial charge < -0.3 is 10.6 Å². The number of carbonyl (C=O) groups is 1. The quantitative estimate of drug-likeness (QED) is 0.794. The Balaban J connectivity index is 2.10. The van der Waals surface area contributed by atoms with Gasteiger partial charge in [-0.15, -0.1) is 0 Å².